The van der Waals surface area contributed by atoms with Gasteiger partial charge >= 0.3 is 0 Å². The van der Waals surface area contributed by atoms with Gasteiger partial charge in [0, 0.05) is 24.4 Å². The van der Waals surface area contributed by atoms with E-state index in [1.54, 1.807) is 0 Å². The van der Waals surface area contributed by atoms with Gasteiger partial charge in [-0.1, -0.05) is 12.8 Å². The Balaban J connectivity index is 1.23. The molecule has 1 saturated heterocycles. The highest BCUT2D eigenvalue weighted by molar-refractivity contribution is 8.00. The second-order valence-corrected chi connectivity index (χ2v) is 9.22. The van der Waals surface area contributed by atoms with Crippen molar-refractivity contribution in [3.8, 4) is 0 Å². The van der Waals surface area contributed by atoms with Crippen LogP contribution in [0.5, 0.6) is 0 Å². The molecule has 0 bridgehead atoms. The Morgan fingerprint density at radius 1 is 1.08 bits per heavy atom. The summed E-state index contributed by atoms with van der Waals surface area (Å²) >= 11 is 1.85. The number of rotatable bonds is 5. The summed E-state index contributed by atoms with van der Waals surface area (Å²) in [6, 6.07) is 2.56. The first-order chi connectivity index (χ1) is 12.8. The molecule has 0 spiro atoms. The number of hydrogen-bond acceptors (Lipinski definition) is 5. The Morgan fingerprint density at radius 3 is 2.65 bits per heavy atom. The third-order valence-corrected chi connectivity index (χ3v) is 7.36. The molecule has 0 unspecified atom stereocenters. The molecule has 1 aliphatic heterocycles. The van der Waals surface area contributed by atoms with Crippen LogP contribution >= 0.6 is 11.8 Å². The molecule has 2 fully saturated rings. The molecule has 1 N–H and O–H groups in total. The maximum atomic E-state index is 12.2. The van der Waals surface area contributed by atoms with Crippen molar-refractivity contribution < 1.29 is 4.79 Å². The average Bonchev–Trinajstić information content (AvgIpc) is 3.20. The minimum absolute atomic E-state index is 0.217. The highest BCUT2D eigenvalue weighted by atomic mass is 32.2. The van der Waals surface area contributed by atoms with E-state index in [1.807, 2.05) is 11.8 Å². The Kier molecular flexibility index (Phi) is 5.98. The van der Waals surface area contributed by atoms with Crippen molar-refractivity contribution in [2.24, 2.45) is 0 Å². The molecule has 6 heteroatoms. The van der Waals surface area contributed by atoms with Crippen molar-refractivity contribution in [3.63, 3.8) is 0 Å². The van der Waals surface area contributed by atoms with Crippen LogP contribution in [0.1, 0.15) is 62.6 Å². The van der Waals surface area contributed by atoms with E-state index in [2.05, 4.69) is 26.5 Å². The molecule has 1 amide bonds. The van der Waals surface area contributed by atoms with Crippen molar-refractivity contribution in [3.05, 3.63) is 17.3 Å². The van der Waals surface area contributed by atoms with E-state index in [0.717, 1.165) is 44.6 Å². The summed E-state index contributed by atoms with van der Waals surface area (Å²) in [6.07, 6.45) is 12.0. The molecule has 0 atom stereocenters. The third-order valence-electron chi connectivity index (χ3n) is 5.99. The lowest BCUT2D eigenvalue weighted by Crippen LogP contribution is -2.45. The molecule has 1 aromatic heterocycles. The Morgan fingerprint density at radius 2 is 1.85 bits per heavy atom. The number of fused-ring (bicyclic) bond motifs is 1. The maximum Gasteiger partial charge on any atom is 0.230 e. The van der Waals surface area contributed by atoms with Crippen LogP contribution < -0.4 is 10.2 Å². The molecule has 26 heavy (non-hydrogen) atoms. The van der Waals surface area contributed by atoms with E-state index in [1.165, 1.54) is 49.8 Å². The summed E-state index contributed by atoms with van der Waals surface area (Å²) in [6.45, 7) is 1.91. The largest absolute Gasteiger partial charge is 0.355 e. The zero-order valence-electron chi connectivity index (χ0n) is 15.6. The highest BCUT2D eigenvalue weighted by Crippen LogP contribution is 2.29. The molecule has 3 aliphatic rings. The van der Waals surface area contributed by atoms with Crippen LogP contribution in [-0.4, -0.2) is 46.2 Å². The lowest BCUT2D eigenvalue weighted by molar-refractivity contribution is -0.119. The Bertz CT molecular complexity index is 624. The van der Waals surface area contributed by atoms with Gasteiger partial charge in [0.15, 0.2) is 5.82 Å². The molecule has 5 nitrogen and oxygen atoms in total. The van der Waals surface area contributed by atoms with E-state index in [9.17, 15) is 4.79 Å². The van der Waals surface area contributed by atoms with Crippen molar-refractivity contribution >= 4 is 23.5 Å². The van der Waals surface area contributed by atoms with E-state index >= 15 is 0 Å². The molecular formula is C20H30N4OS. The summed E-state index contributed by atoms with van der Waals surface area (Å²) in [7, 11) is 0. The summed E-state index contributed by atoms with van der Waals surface area (Å²) in [5, 5.41) is 12.9. The number of aryl methyl sites for hydroxylation is 2. The number of nitrogens with one attached hydrogen (secondary N) is 1. The smallest absolute Gasteiger partial charge is 0.230 e. The van der Waals surface area contributed by atoms with Crippen LogP contribution in [0, 0.1) is 0 Å². The molecule has 1 saturated carbocycles. The Hall–Kier alpha value is -1.30. The summed E-state index contributed by atoms with van der Waals surface area (Å²) in [5.41, 5.74) is 2.59. The first-order valence-corrected chi connectivity index (χ1v) is 11.3. The van der Waals surface area contributed by atoms with E-state index in [-0.39, 0.29) is 5.91 Å². The van der Waals surface area contributed by atoms with Gasteiger partial charge in [0.1, 0.15) is 0 Å². The van der Waals surface area contributed by atoms with Gasteiger partial charge in [-0.2, -0.15) is 5.10 Å². The SMILES string of the molecule is O=C(CSC1CCCC1)NC1CCN(c2cc3c(nn2)CCCC3)CC1. The number of piperidine rings is 1. The predicted molar refractivity (Wildman–Crippen MR) is 107 cm³/mol. The Labute approximate surface area is 160 Å². The highest BCUT2D eigenvalue weighted by Gasteiger charge is 2.24. The molecule has 0 radical (unpaired) electrons. The molecule has 2 heterocycles. The van der Waals surface area contributed by atoms with Crippen LogP contribution in [0.15, 0.2) is 6.07 Å². The number of nitrogens with zero attached hydrogens (tertiary/aromatic N) is 3. The molecule has 0 aromatic carbocycles. The van der Waals surface area contributed by atoms with E-state index in [0.29, 0.717) is 17.0 Å². The van der Waals surface area contributed by atoms with Gasteiger partial charge in [-0.15, -0.1) is 16.9 Å². The van der Waals surface area contributed by atoms with E-state index in [4.69, 9.17) is 0 Å². The first-order valence-electron chi connectivity index (χ1n) is 10.3. The van der Waals surface area contributed by atoms with Gasteiger partial charge in [-0.05, 0) is 63.0 Å². The van der Waals surface area contributed by atoms with Crippen molar-refractivity contribution in [2.75, 3.05) is 23.7 Å². The van der Waals surface area contributed by atoms with Gasteiger partial charge in [-0.25, -0.2) is 0 Å². The number of aromatic nitrogens is 2. The fourth-order valence-corrected chi connectivity index (χ4v) is 5.54. The van der Waals surface area contributed by atoms with Crippen molar-refractivity contribution in [2.45, 2.75) is 75.5 Å². The molecular weight excluding hydrogens is 344 g/mol. The second kappa shape index (κ2) is 8.59. The fraction of sp³-hybridized carbons (Fsp3) is 0.750. The average molecular weight is 375 g/mol. The van der Waals surface area contributed by atoms with Crippen molar-refractivity contribution in [1.82, 2.24) is 15.5 Å². The van der Waals surface area contributed by atoms with Crippen LogP contribution in [0.25, 0.3) is 0 Å². The zero-order valence-corrected chi connectivity index (χ0v) is 16.4. The minimum Gasteiger partial charge on any atom is -0.355 e. The van der Waals surface area contributed by atoms with Gasteiger partial charge in [-0.3, -0.25) is 4.79 Å². The topological polar surface area (TPSA) is 58.1 Å². The summed E-state index contributed by atoms with van der Waals surface area (Å²) in [4.78, 5) is 14.5. The zero-order chi connectivity index (χ0) is 17.8. The van der Waals surface area contributed by atoms with Gasteiger partial charge in [0.2, 0.25) is 5.91 Å². The quantitative estimate of drug-likeness (QED) is 0.858. The molecule has 1 aromatic rings. The number of thioether (sulfide) groups is 1. The minimum atomic E-state index is 0.217. The molecule has 2 aliphatic carbocycles. The normalized spacial score (nSPS) is 21.6. The standard InChI is InChI=1S/C20H30N4OS/c25-20(14-26-17-6-2-3-7-17)21-16-9-11-24(12-10-16)19-13-15-5-1-4-8-18(15)22-23-19/h13,16-17H,1-12,14H2,(H,21,25). The van der Waals surface area contributed by atoms with Crippen LogP contribution in [0.2, 0.25) is 0 Å². The van der Waals surface area contributed by atoms with E-state index < -0.39 is 0 Å². The first kappa shape index (κ1) is 18.1. The van der Waals surface area contributed by atoms with Gasteiger partial charge in [0.25, 0.3) is 0 Å². The monoisotopic (exact) mass is 374 g/mol. The van der Waals surface area contributed by atoms with Crippen LogP contribution in [0.4, 0.5) is 5.82 Å². The summed E-state index contributed by atoms with van der Waals surface area (Å²) in [5.74, 6) is 1.86. The molecule has 142 valence electrons. The molecule has 4 rings (SSSR count). The number of carbonyl (C=O) groups is 1. The predicted octanol–water partition coefficient (Wildman–Crippen LogP) is 3.12. The van der Waals surface area contributed by atoms with Crippen LogP contribution in [-0.2, 0) is 17.6 Å². The van der Waals surface area contributed by atoms with Crippen LogP contribution in [0.3, 0.4) is 0 Å². The van der Waals surface area contributed by atoms with Gasteiger partial charge in [0.05, 0.1) is 11.4 Å². The maximum absolute atomic E-state index is 12.2. The second-order valence-electron chi connectivity index (χ2n) is 7.93. The lowest BCUT2D eigenvalue weighted by Gasteiger charge is -2.33. The third kappa shape index (κ3) is 4.51. The van der Waals surface area contributed by atoms with Gasteiger partial charge < -0.3 is 10.2 Å². The number of hydrogen-bond donors (Lipinski definition) is 1. The van der Waals surface area contributed by atoms with Crippen molar-refractivity contribution in [1.29, 1.82) is 0 Å². The number of anilines is 1. The number of amides is 1. The fourth-order valence-electron chi connectivity index (χ4n) is 4.40. The number of carbonyl (C=O) groups excluding carboxylic acids is 1. The lowest BCUT2D eigenvalue weighted by atomic mass is 9.96. The summed E-state index contributed by atoms with van der Waals surface area (Å²) < 4.78 is 0.